The van der Waals surface area contributed by atoms with Crippen molar-refractivity contribution in [3.63, 3.8) is 0 Å². The Morgan fingerprint density at radius 2 is 1.27 bits per heavy atom. The zero-order chi connectivity index (χ0) is 16.1. The first-order valence-electron chi connectivity index (χ1n) is 8.50. The van der Waals surface area contributed by atoms with E-state index >= 15 is 0 Å². The molecule has 22 heavy (non-hydrogen) atoms. The fourth-order valence-electron chi connectivity index (χ4n) is 2.57. The molecule has 0 radical (unpaired) electrons. The maximum Gasteiger partial charge on any atom is 1.00 e. The second-order valence-electron chi connectivity index (χ2n) is 6.16. The predicted octanol–water partition coefficient (Wildman–Crippen LogP) is 0.986. The summed E-state index contributed by atoms with van der Waals surface area (Å²) in [4.78, 5) is 0. The molecule has 0 spiro atoms. The van der Waals surface area contributed by atoms with Gasteiger partial charge in [0.15, 0.2) is 0 Å². The Bertz CT molecular complexity index is 331. The first-order chi connectivity index (χ1) is 9.88. The standard InChI is InChI=1S/C16H34O4S.K/c1-3-4-5-10-13-16(21(18,19)20)14-11-8-6-7-9-12-15(2)17;/h15-17H,3-14H2,1-2H3,(H,18,19,20);/q;+1/p-1. The van der Waals surface area contributed by atoms with Gasteiger partial charge in [0.1, 0.15) is 0 Å². The van der Waals surface area contributed by atoms with Crippen LogP contribution in [-0.4, -0.2) is 29.4 Å². The van der Waals surface area contributed by atoms with Crippen LogP contribution >= 0.6 is 0 Å². The summed E-state index contributed by atoms with van der Waals surface area (Å²) in [6.45, 7) is 3.90. The van der Waals surface area contributed by atoms with Gasteiger partial charge in [0, 0.05) is 5.25 Å². The van der Waals surface area contributed by atoms with Crippen molar-refractivity contribution in [2.24, 2.45) is 0 Å². The molecule has 0 heterocycles. The summed E-state index contributed by atoms with van der Waals surface area (Å²) < 4.78 is 33.8. The van der Waals surface area contributed by atoms with Gasteiger partial charge in [-0.05, 0) is 26.2 Å². The average molecular weight is 361 g/mol. The maximum atomic E-state index is 11.3. The van der Waals surface area contributed by atoms with Gasteiger partial charge in [-0.25, -0.2) is 8.42 Å². The van der Waals surface area contributed by atoms with Crippen molar-refractivity contribution in [2.45, 2.75) is 102 Å². The zero-order valence-corrected chi connectivity index (χ0v) is 18.7. The molecular formula is C16H33KO4S. The number of aliphatic hydroxyl groups is 1. The molecule has 0 saturated carbocycles. The van der Waals surface area contributed by atoms with Gasteiger partial charge in [-0.1, -0.05) is 64.7 Å². The molecule has 0 amide bonds. The molecule has 2 unspecified atom stereocenters. The molecule has 128 valence electrons. The molecule has 0 aromatic rings. The number of unbranched alkanes of at least 4 members (excludes halogenated alkanes) is 7. The third-order valence-electron chi connectivity index (χ3n) is 3.94. The summed E-state index contributed by atoms with van der Waals surface area (Å²) >= 11 is 0. The van der Waals surface area contributed by atoms with Crippen molar-refractivity contribution in [2.75, 3.05) is 0 Å². The first-order valence-corrected chi connectivity index (χ1v) is 9.97. The van der Waals surface area contributed by atoms with Crippen molar-refractivity contribution in [1.82, 2.24) is 0 Å². The van der Waals surface area contributed by atoms with E-state index in [4.69, 9.17) is 5.11 Å². The smallest absolute Gasteiger partial charge is 0.748 e. The molecule has 0 aromatic heterocycles. The second kappa shape index (κ2) is 16.0. The Labute approximate surface area is 180 Å². The monoisotopic (exact) mass is 360 g/mol. The number of aliphatic hydroxyl groups excluding tert-OH is 1. The van der Waals surface area contributed by atoms with Gasteiger partial charge in [0.2, 0.25) is 0 Å². The summed E-state index contributed by atoms with van der Waals surface area (Å²) in [5.74, 6) is 0. The fraction of sp³-hybridized carbons (Fsp3) is 1.00. The van der Waals surface area contributed by atoms with Crippen LogP contribution in [0.25, 0.3) is 0 Å². The summed E-state index contributed by atoms with van der Waals surface area (Å²) in [6, 6.07) is 0. The molecule has 0 saturated heterocycles. The molecule has 0 aliphatic rings. The van der Waals surface area contributed by atoms with Gasteiger partial charge < -0.3 is 9.66 Å². The van der Waals surface area contributed by atoms with Crippen LogP contribution in [0.2, 0.25) is 0 Å². The van der Waals surface area contributed by atoms with Crippen molar-refractivity contribution in [3.8, 4) is 0 Å². The van der Waals surface area contributed by atoms with Crippen molar-refractivity contribution < 1.29 is 69.5 Å². The van der Waals surface area contributed by atoms with Gasteiger partial charge in [-0.3, -0.25) is 0 Å². The molecule has 0 fully saturated rings. The Kier molecular flexibility index (Phi) is 18.7. The molecule has 0 aliphatic heterocycles. The second-order valence-corrected chi connectivity index (χ2v) is 7.81. The van der Waals surface area contributed by atoms with Gasteiger partial charge in [-0.15, -0.1) is 0 Å². The van der Waals surface area contributed by atoms with Crippen LogP contribution in [0.4, 0.5) is 0 Å². The number of rotatable bonds is 14. The Balaban J connectivity index is 0. The van der Waals surface area contributed by atoms with Crippen LogP contribution in [0.15, 0.2) is 0 Å². The zero-order valence-electron chi connectivity index (χ0n) is 14.7. The van der Waals surface area contributed by atoms with E-state index in [0.717, 1.165) is 64.2 Å². The Hall–Kier alpha value is 1.51. The summed E-state index contributed by atoms with van der Waals surface area (Å²) in [5, 5.41) is 8.45. The summed E-state index contributed by atoms with van der Waals surface area (Å²) in [6.07, 6.45) is 10.6. The maximum absolute atomic E-state index is 11.3. The van der Waals surface area contributed by atoms with Crippen LogP contribution in [0.1, 0.15) is 90.9 Å². The SMILES string of the molecule is CCCCCCC(CCCCCCCC(C)O)S(=O)(=O)[O-].[K+]. The molecule has 0 aromatic carbocycles. The van der Waals surface area contributed by atoms with Crippen molar-refractivity contribution in [3.05, 3.63) is 0 Å². The minimum Gasteiger partial charge on any atom is -0.748 e. The van der Waals surface area contributed by atoms with Crippen LogP contribution in [0.3, 0.4) is 0 Å². The quantitative estimate of drug-likeness (QED) is 0.285. The summed E-state index contributed by atoms with van der Waals surface area (Å²) in [5.41, 5.74) is 0. The van der Waals surface area contributed by atoms with Crippen LogP contribution < -0.4 is 51.4 Å². The van der Waals surface area contributed by atoms with Crippen LogP contribution in [0.5, 0.6) is 0 Å². The third kappa shape index (κ3) is 16.4. The molecule has 0 aliphatic carbocycles. The fourth-order valence-corrected chi connectivity index (χ4v) is 3.48. The van der Waals surface area contributed by atoms with E-state index < -0.39 is 15.4 Å². The topological polar surface area (TPSA) is 77.4 Å². The van der Waals surface area contributed by atoms with E-state index in [1.54, 1.807) is 6.92 Å². The van der Waals surface area contributed by atoms with Crippen LogP contribution in [-0.2, 0) is 10.1 Å². The molecule has 6 heteroatoms. The van der Waals surface area contributed by atoms with Gasteiger partial charge >= 0.3 is 51.4 Å². The number of hydrogen-bond donors (Lipinski definition) is 1. The average Bonchev–Trinajstić information content (AvgIpc) is 2.38. The Morgan fingerprint density at radius 3 is 1.68 bits per heavy atom. The third-order valence-corrected chi connectivity index (χ3v) is 5.22. The predicted molar refractivity (Wildman–Crippen MR) is 86.2 cm³/mol. The number of hydrogen-bond acceptors (Lipinski definition) is 4. The van der Waals surface area contributed by atoms with Crippen molar-refractivity contribution >= 4 is 10.1 Å². The van der Waals surface area contributed by atoms with Gasteiger partial charge in [-0.2, -0.15) is 0 Å². The minimum atomic E-state index is -4.14. The molecule has 0 bridgehead atoms. The molecule has 2 atom stereocenters. The molecule has 1 N–H and O–H groups in total. The van der Waals surface area contributed by atoms with Crippen molar-refractivity contribution in [1.29, 1.82) is 0 Å². The Morgan fingerprint density at radius 1 is 0.864 bits per heavy atom. The van der Waals surface area contributed by atoms with E-state index in [2.05, 4.69) is 6.92 Å². The molecule has 0 rings (SSSR count). The first kappa shape index (κ1) is 25.7. The van der Waals surface area contributed by atoms with Crippen LogP contribution in [0, 0.1) is 0 Å². The molecular weight excluding hydrogens is 327 g/mol. The van der Waals surface area contributed by atoms with E-state index in [1.165, 1.54) is 0 Å². The van der Waals surface area contributed by atoms with Gasteiger partial charge in [0.25, 0.3) is 0 Å². The van der Waals surface area contributed by atoms with Gasteiger partial charge in [0.05, 0.1) is 16.2 Å². The summed E-state index contributed by atoms with van der Waals surface area (Å²) in [7, 11) is -4.14. The minimum absolute atomic E-state index is 0. The largest absolute Gasteiger partial charge is 1.00 e. The normalized spacial score (nSPS) is 14.4. The van der Waals surface area contributed by atoms with E-state index in [-0.39, 0.29) is 57.5 Å². The van der Waals surface area contributed by atoms with E-state index in [0.29, 0.717) is 12.8 Å². The van der Waals surface area contributed by atoms with E-state index in [9.17, 15) is 13.0 Å². The van der Waals surface area contributed by atoms with E-state index in [1.807, 2.05) is 0 Å². The molecule has 4 nitrogen and oxygen atoms in total.